The third kappa shape index (κ3) is 3.06. The molecule has 6 heteroatoms. The molecule has 2 N–H and O–H groups in total. The number of alkyl halides is 3. The molecule has 0 amide bonds. The van der Waals surface area contributed by atoms with Crippen molar-refractivity contribution in [2.24, 2.45) is 11.7 Å². The van der Waals surface area contributed by atoms with E-state index in [1.807, 2.05) is 0 Å². The molecule has 0 radical (unpaired) electrons. The standard InChI is InChI=1S/C14H17F3N2S/c1-2-9-5-6-19(8-9)10-3-4-12(14(15,16)17)11(7-10)13(18)20/h3-4,7,9H,2,5-6,8H2,1H3,(H2,18,20). The van der Waals surface area contributed by atoms with Gasteiger partial charge in [0.25, 0.3) is 0 Å². The van der Waals surface area contributed by atoms with Gasteiger partial charge in [0.2, 0.25) is 0 Å². The number of hydrogen-bond acceptors (Lipinski definition) is 2. The van der Waals surface area contributed by atoms with Crippen LogP contribution < -0.4 is 10.6 Å². The summed E-state index contributed by atoms with van der Waals surface area (Å²) in [6.45, 7) is 3.86. The van der Waals surface area contributed by atoms with Gasteiger partial charge in [-0.3, -0.25) is 0 Å². The normalized spacial score (nSPS) is 19.4. The molecule has 1 aliphatic heterocycles. The fourth-order valence-corrected chi connectivity index (χ4v) is 2.75. The smallest absolute Gasteiger partial charge is 0.389 e. The van der Waals surface area contributed by atoms with Crippen LogP contribution in [0.4, 0.5) is 18.9 Å². The zero-order valence-corrected chi connectivity index (χ0v) is 12.0. The Balaban J connectivity index is 2.34. The van der Waals surface area contributed by atoms with Gasteiger partial charge in [0.1, 0.15) is 4.99 Å². The fraction of sp³-hybridized carbons (Fsp3) is 0.500. The molecule has 2 rings (SSSR count). The van der Waals surface area contributed by atoms with Gasteiger partial charge in [-0.05, 0) is 30.5 Å². The van der Waals surface area contributed by atoms with Gasteiger partial charge in [0.05, 0.1) is 5.56 Å². The maximum atomic E-state index is 12.9. The zero-order valence-electron chi connectivity index (χ0n) is 11.2. The Morgan fingerprint density at radius 1 is 1.45 bits per heavy atom. The molecule has 0 aromatic heterocycles. The van der Waals surface area contributed by atoms with Gasteiger partial charge in [-0.25, -0.2) is 0 Å². The van der Waals surface area contributed by atoms with E-state index in [2.05, 4.69) is 11.8 Å². The van der Waals surface area contributed by atoms with Crippen LogP contribution >= 0.6 is 12.2 Å². The maximum absolute atomic E-state index is 12.9. The first kappa shape index (κ1) is 15.1. The van der Waals surface area contributed by atoms with E-state index >= 15 is 0 Å². The van der Waals surface area contributed by atoms with E-state index in [0.29, 0.717) is 5.92 Å². The first-order chi connectivity index (χ1) is 9.32. The average molecular weight is 302 g/mol. The minimum Gasteiger partial charge on any atom is -0.389 e. The van der Waals surface area contributed by atoms with Crippen LogP contribution in [0.3, 0.4) is 0 Å². The topological polar surface area (TPSA) is 29.3 Å². The van der Waals surface area contributed by atoms with E-state index in [1.54, 1.807) is 0 Å². The number of rotatable bonds is 3. The Labute approximate surface area is 121 Å². The number of halogens is 3. The third-order valence-electron chi connectivity index (χ3n) is 3.80. The van der Waals surface area contributed by atoms with Gasteiger partial charge < -0.3 is 10.6 Å². The highest BCUT2D eigenvalue weighted by molar-refractivity contribution is 7.80. The van der Waals surface area contributed by atoms with Crippen LogP contribution in [0.2, 0.25) is 0 Å². The largest absolute Gasteiger partial charge is 0.417 e. The summed E-state index contributed by atoms with van der Waals surface area (Å²) in [5.74, 6) is 0.602. The number of nitrogens with zero attached hydrogens (tertiary/aromatic N) is 1. The molecule has 20 heavy (non-hydrogen) atoms. The molecule has 1 atom stereocenters. The van der Waals surface area contributed by atoms with Crippen molar-refractivity contribution in [2.45, 2.75) is 25.9 Å². The predicted octanol–water partition coefficient (Wildman–Crippen LogP) is 3.58. The molecule has 1 aromatic rings. The summed E-state index contributed by atoms with van der Waals surface area (Å²) in [5.41, 5.74) is 5.35. The Bertz CT molecular complexity index is 514. The SMILES string of the molecule is CCC1CCN(c2ccc(C(F)(F)F)c(C(N)=S)c2)C1. The highest BCUT2D eigenvalue weighted by Gasteiger charge is 2.34. The summed E-state index contributed by atoms with van der Waals surface area (Å²) in [4.78, 5) is 1.88. The van der Waals surface area contributed by atoms with Crippen LogP contribution in [-0.2, 0) is 6.18 Å². The van der Waals surface area contributed by atoms with Gasteiger partial charge in [-0.15, -0.1) is 0 Å². The van der Waals surface area contributed by atoms with E-state index in [9.17, 15) is 13.2 Å². The number of anilines is 1. The van der Waals surface area contributed by atoms with E-state index in [-0.39, 0.29) is 10.6 Å². The van der Waals surface area contributed by atoms with Crippen molar-refractivity contribution in [1.29, 1.82) is 0 Å². The summed E-state index contributed by atoms with van der Waals surface area (Å²) in [6.07, 6.45) is -2.28. The zero-order chi connectivity index (χ0) is 14.9. The summed E-state index contributed by atoms with van der Waals surface area (Å²) < 4.78 is 38.7. The summed E-state index contributed by atoms with van der Waals surface area (Å²) in [6, 6.07) is 4.04. The van der Waals surface area contributed by atoms with Gasteiger partial charge >= 0.3 is 6.18 Å². The Kier molecular flexibility index (Phi) is 4.22. The maximum Gasteiger partial charge on any atom is 0.417 e. The van der Waals surface area contributed by atoms with Crippen molar-refractivity contribution in [3.05, 3.63) is 29.3 Å². The van der Waals surface area contributed by atoms with Gasteiger partial charge in [0.15, 0.2) is 0 Å². The fourth-order valence-electron chi connectivity index (χ4n) is 2.58. The van der Waals surface area contributed by atoms with Crippen molar-refractivity contribution >= 4 is 22.9 Å². The molecule has 1 aliphatic rings. The van der Waals surface area contributed by atoms with Crippen LogP contribution in [-0.4, -0.2) is 18.1 Å². The van der Waals surface area contributed by atoms with Crippen molar-refractivity contribution in [2.75, 3.05) is 18.0 Å². The molecular formula is C14H17F3N2S. The second-order valence-electron chi connectivity index (χ2n) is 5.10. The van der Waals surface area contributed by atoms with Crippen LogP contribution in [0.5, 0.6) is 0 Å². The monoisotopic (exact) mass is 302 g/mol. The van der Waals surface area contributed by atoms with Crippen LogP contribution in [0.25, 0.3) is 0 Å². The van der Waals surface area contributed by atoms with E-state index < -0.39 is 11.7 Å². The lowest BCUT2D eigenvalue weighted by atomic mass is 10.1. The number of hydrogen-bond donors (Lipinski definition) is 1. The average Bonchev–Trinajstić information content (AvgIpc) is 2.85. The van der Waals surface area contributed by atoms with Gasteiger partial charge in [-0.1, -0.05) is 25.6 Å². The number of thiocarbonyl (C=S) groups is 1. The van der Waals surface area contributed by atoms with E-state index in [4.69, 9.17) is 18.0 Å². The summed E-state index contributed by atoms with van der Waals surface area (Å²) in [5, 5.41) is 0. The minimum absolute atomic E-state index is 0.0926. The second-order valence-corrected chi connectivity index (χ2v) is 5.54. The van der Waals surface area contributed by atoms with Crippen molar-refractivity contribution in [3.63, 3.8) is 0 Å². The molecule has 1 aromatic carbocycles. The molecule has 1 heterocycles. The van der Waals surface area contributed by atoms with Crippen LogP contribution in [0, 0.1) is 5.92 Å². The number of benzene rings is 1. The van der Waals surface area contributed by atoms with Gasteiger partial charge in [-0.2, -0.15) is 13.2 Å². The number of nitrogens with two attached hydrogens (primary N) is 1. The summed E-state index contributed by atoms with van der Waals surface area (Å²) >= 11 is 4.76. The molecule has 2 nitrogen and oxygen atoms in total. The van der Waals surface area contributed by atoms with E-state index in [0.717, 1.165) is 37.7 Å². The predicted molar refractivity (Wildman–Crippen MR) is 77.9 cm³/mol. The molecule has 1 unspecified atom stereocenters. The lowest BCUT2D eigenvalue weighted by Gasteiger charge is -2.21. The van der Waals surface area contributed by atoms with Gasteiger partial charge in [0, 0.05) is 24.3 Å². The lowest BCUT2D eigenvalue weighted by molar-refractivity contribution is -0.137. The van der Waals surface area contributed by atoms with E-state index in [1.165, 1.54) is 12.1 Å². The van der Waals surface area contributed by atoms with Crippen molar-refractivity contribution < 1.29 is 13.2 Å². The first-order valence-corrected chi connectivity index (χ1v) is 6.99. The van der Waals surface area contributed by atoms with Crippen LogP contribution in [0.1, 0.15) is 30.9 Å². The highest BCUT2D eigenvalue weighted by atomic mass is 32.1. The lowest BCUT2D eigenvalue weighted by Crippen LogP contribution is -2.22. The highest BCUT2D eigenvalue weighted by Crippen LogP contribution is 2.35. The molecule has 1 fully saturated rings. The molecular weight excluding hydrogens is 285 g/mol. The Morgan fingerprint density at radius 2 is 2.15 bits per heavy atom. The Hall–Kier alpha value is -1.30. The first-order valence-electron chi connectivity index (χ1n) is 6.59. The molecule has 0 spiro atoms. The third-order valence-corrected chi connectivity index (χ3v) is 4.02. The minimum atomic E-state index is -4.44. The Morgan fingerprint density at radius 3 is 2.65 bits per heavy atom. The van der Waals surface area contributed by atoms with Crippen LogP contribution in [0.15, 0.2) is 18.2 Å². The molecule has 0 aliphatic carbocycles. The molecule has 1 saturated heterocycles. The van der Waals surface area contributed by atoms with Crippen molar-refractivity contribution in [1.82, 2.24) is 0 Å². The quantitative estimate of drug-likeness (QED) is 0.865. The molecule has 110 valence electrons. The molecule has 0 saturated carbocycles. The van der Waals surface area contributed by atoms with Crippen molar-refractivity contribution in [3.8, 4) is 0 Å². The summed E-state index contributed by atoms with van der Waals surface area (Å²) in [7, 11) is 0. The molecule has 0 bridgehead atoms. The second kappa shape index (κ2) is 5.60.